The molecule has 0 unspecified atom stereocenters. The van der Waals surface area contributed by atoms with E-state index < -0.39 is 18.2 Å². The number of hydrogen-bond donors (Lipinski definition) is 2. The Balaban J connectivity index is 3.08. The van der Waals surface area contributed by atoms with Crippen LogP contribution >= 0.6 is 6.49 Å². The maximum absolute atomic E-state index is 12.1. The highest BCUT2D eigenvalue weighted by Crippen LogP contribution is 2.35. The van der Waals surface area contributed by atoms with Crippen LogP contribution in [0, 0.1) is 0 Å². The predicted octanol–water partition coefficient (Wildman–Crippen LogP) is 1.62. The lowest BCUT2D eigenvalue weighted by molar-refractivity contribution is -0.137. The lowest BCUT2D eigenvalue weighted by Crippen LogP contribution is -2.08. The molecule has 0 atom stereocenters. The molecule has 78 valence electrons. The van der Waals surface area contributed by atoms with Crippen LogP contribution in [0.5, 0.6) is 0 Å². The van der Waals surface area contributed by atoms with Gasteiger partial charge in [0.2, 0.25) is 6.49 Å². The third-order valence-corrected chi connectivity index (χ3v) is 3.13. The molecule has 2 nitrogen and oxygen atoms in total. The molecule has 0 saturated heterocycles. The largest absolute Gasteiger partial charge is 0.416 e. The van der Waals surface area contributed by atoms with E-state index in [0.29, 0.717) is 0 Å². The summed E-state index contributed by atoms with van der Waals surface area (Å²) in [7, 11) is 0. The normalized spacial score (nSPS) is 12.9. The molecule has 1 aromatic carbocycles. The van der Waals surface area contributed by atoms with E-state index in [9.17, 15) is 13.2 Å². The van der Waals surface area contributed by atoms with Crippen molar-refractivity contribution in [3.8, 4) is 0 Å². The lowest BCUT2D eigenvalue weighted by atomic mass is 10.2. The van der Waals surface area contributed by atoms with Crippen molar-refractivity contribution in [2.45, 2.75) is 6.18 Å². The molecule has 7 heteroatoms. The van der Waals surface area contributed by atoms with Gasteiger partial charge in [-0.1, -0.05) is 0 Å². The average Bonchev–Trinajstić information content (AvgIpc) is 2.01. The Hall–Kier alpha value is -0.420. The lowest BCUT2D eigenvalue weighted by Gasteiger charge is -2.10. The minimum atomic E-state index is -4.42. The molecular weight excluding hydrogens is 236 g/mol. The van der Waals surface area contributed by atoms with Gasteiger partial charge in [0.05, 0.1) is 5.56 Å². The fourth-order valence-electron chi connectivity index (χ4n) is 0.845. The Bertz CT molecular complexity index is 368. The molecule has 0 aliphatic carbocycles. The van der Waals surface area contributed by atoms with Crippen molar-refractivity contribution in [2.75, 3.05) is 0 Å². The van der Waals surface area contributed by atoms with Gasteiger partial charge in [0.25, 0.3) is 0 Å². The van der Waals surface area contributed by atoms with Crippen LogP contribution in [0.1, 0.15) is 5.56 Å². The summed E-state index contributed by atoms with van der Waals surface area (Å²) in [4.78, 5) is 18.0. The molecule has 2 N–H and O–H groups in total. The smallest absolute Gasteiger partial charge is 0.342 e. The topological polar surface area (TPSA) is 40.5 Å². The van der Waals surface area contributed by atoms with Crippen molar-refractivity contribution in [3.05, 3.63) is 29.8 Å². The first-order valence-electron chi connectivity index (χ1n) is 3.44. The Kier molecular flexibility index (Phi) is 3.02. The molecule has 0 spiro atoms. The highest BCUT2D eigenvalue weighted by atomic mass is 32.5. The van der Waals surface area contributed by atoms with E-state index in [1.54, 1.807) is 0 Å². The number of rotatable bonds is 1. The van der Waals surface area contributed by atoms with Gasteiger partial charge >= 0.3 is 6.18 Å². The molecule has 0 fully saturated rings. The fraction of sp³-hybridized carbons (Fsp3) is 0.143. The second kappa shape index (κ2) is 3.62. The summed E-state index contributed by atoms with van der Waals surface area (Å²) >= 11 is 4.33. The zero-order valence-electron chi connectivity index (χ0n) is 6.69. The SMILES string of the molecule is OP(O)(=S)c1ccc(C(F)(F)F)cc1. The van der Waals surface area contributed by atoms with Gasteiger partial charge in [-0.3, -0.25) is 0 Å². The van der Waals surface area contributed by atoms with Gasteiger partial charge in [0, 0.05) is 5.30 Å². The van der Waals surface area contributed by atoms with Crippen molar-refractivity contribution in [2.24, 2.45) is 0 Å². The van der Waals surface area contributed by atoms with Crippen LogP contribution in [0.15, 0.2) is 24.3 Å². The summed E-state index contributed by atoms with van der Waals surface area (Å²) in [6.45, 7) is -3.62. The van der Waals surface area contributed by atoms with Crippen LogP contribution in [0.3, 0.4) is 0 Å². The fourth-order valence-corrected chi connectivity index (χ4v) is 1.75. The first-order chi connectivity index (χ1) is 6.21. The summed E-state index contributed by atoms with van der Waals surface area (Å²) in [6, 6.07) is 3.48. The van der Waals surface area contributed by atoms with Gasteiger partial charge in [-0.25, -0.2) is 0 Å². The molecular formula is C7H6F3O2PS. The molecule has 1 rings (SSSR count). The van der Waals surface area contributed by atoms with E-state index in [-0.39, 0.29) is 5.30 Å². The second-order valence-corrected chi connectivity index (χ2v) is 5.72. The minimum Gasteiger partial charge on any atom is -0.342 e. The van der Waals surface area contributed by atoms with E-state index in [2.05, 4.69) is 11.8 Å². The van der Waals surface area contributed by atoms with Gasteiger partial charge in [0.15, 0.2) is 0 Å². The zero-order chi connectivity index (χ0) is 11.0. The number of hydrogen-bond acceptors (Lipinski definition) is 1. The van der Waals surface area contributed by atoms with E-state index >= 15 is 0 Å². The van der Waals surface area contributed by atoms with Crippen LogP contribution in [0.25, 0.3) is 0 Å². The molecule has 0 saturated carbocycles. The molecule has 14 heavy (non-hydrogen) atoms. The van der Waals surface area contributed by atoms with E-state index in [4.69, 9.17) is 9.79 Å². The highest BCUT2D eigenvalue weighted by Gasteiger charge is 2.30. The Morgan fingerprint density at radius 2 is 1.50 bits per heavy atom. The molecule has 0 heterocycles. The Morgan fingerprint density at radius 3 is 1.79 bits per heavy atom. The predicted molar refractivity (Wildman–Crippen MR) is 49.8 cm³/mol. The average molecular weight is 242 g/mol. The van der Waals surface area contributed by atoms with Crippen molar-refractivity contribution in [1.29, 1.82) is 0 Å². The van der Waals surface area contributed by atoms with E-state index in [1.165, 1.54) is 0 Å². The number of alkyl halides is 3. The van der Waals surface area contributed by atoms with Crippen LogP contribution in [0.4, 0.5) is 13.2 Å². The monoisotopic (exact) mass is 242 g/mol. The first kappa shape index (κ1) is 11.7. The van der Waals surface area contributed by atoms with Gasteiger partial charge < -0.3 is 9.79 Å². The first-order valence-corrected chi connectivity index (χ1v) is 6.15. The molecule has 0 aliphatic rings. The van der Waals surface area contributed by atoms with Crippen molar-refractivity contribution in [3.63, 3.8) is 0 Å². The Morgan fingerprint density at radius 1 is 1.07 bits per heavy atom. The third kappa shape index (κ3) is 2.78. The second-order valence-electron chi connectivity index (χ2n) is 2.59. The third-order valence-electron chi connectivity index (χ3n) is 1.53. The summed E-state index contributed by atoms with van der Waals surface area (Å²) in [5.41, 5.74) is -0.843. The molecule has 0 bridgehead atoms. The minimum absolute atomic E-state index is 0.0551. The number of halogens is 3. The van der Waals surface area contributed by atoms with Crippen molar-refractivity contribution >= 4 is 23.6 Å². The molecule has 0 aliphatic heterocycles. The van der Waals surface area contributed by atoms with Crippen molar-refractivity contribution < 1.29 is 23.0 Å². The van der Waals surface area contributed by atoms with Crippen molar-refractivity contribution in [1.82, 2.24) is 0 Å². The van der Waals surface area contributed by atoms with Gasteiger partial charge in [-0.2, -0.15) is 13.2 Å². The van der Waals surface area contributed by atoms with Gasteiger partial charge in [-0.05, 0) is 36.1 Å². The summed E-state index contributed by atoms with van der Waals surface area (Å²) in [5, 5.41) is -0.0551. The highest BCUT2D eigenvalue weighted by molar-refractivity contribution is 8.12. The van der Waals surface area contributed by atoms with Crippen LogP contribution < -0.4 is 5.30 Å². The van der Waals surface area contributed by atoms with Crippen LogP contribution in [-0.2, 0) is 18.0 Å². The standard InChI is InChI=1S/C7H6F3O2PS/c8-7(9,10)5-1-3-6(4-2-5)13(11,12)14/h1-4H,(H2,11,12,14). The van der Waals surface area contributed by atoms with Crippen LogP contribution in [-0.4, -0.2) is 9.79 Å². The quantitative estimate of drug-likeness (QED) is 0.735. The van der Waals surface area contributed by atoms with E-state index in [1.807, 2.05) is 0 Å². The van der Waals surface area contributed by atoms with Crippen LogP contribution in [0.2, 0.25) is 0 Å². The summed E-state index contributed by atoms with van der Waals surface area (Å²) in [6.07, 6.45) is -4.42. The molecule has 0 radical (unpaired) electrons. The van der Waals surface area contributed by atoms with Gasteiger partial charge in [-0.15, -0.1) is 0 Å². The number of benzene rings is 1. The Labute approximate surface area is 83.2 Å². The van der Waals surface area contributed by atoms with E-state index in [0.717, 1.165) is 24.3 Å². The summed E-state index contributed by atoms with van der Waals surface area (Å²) in [5.74, 6) is 0. The zero-order valence-corrected chi connectivity index (χ0v) is 8.40. The molecule has 1 aromatic rings. The maximum atomic E-state index is 12.1. The van der Waals surface area contributed by atoms with Gasteiger partial charge in [0.1, 0.15) is 0 Å². The molecule has 0 amide bonds. The molecule has 0 aromatic heterocycles. The summed E-state index contributed by atoms with van der Waals surface area (Å²) < 4.78 is 36.2. The maximum Gasteiger partial charge on any atom is 0.416 e.